The first-order chi connectivity index (χ1) is 12.4. The number of carbonyl (C=O) groups is 2. The minimum absolute atomic E-state index is 0.301. The summed E-state index contributed by atoms with van der Waals surface area (Å²) in [6, 6.07) is 7.40. The third-order valence-corrected chi connectivity index (χ3v) is 7.14. The number of carboxylic acids is 2. The number of hydrogen-bond acceptors (Lipinski definition) is 7. The van der Waals surface area contributed by atoms with Crippen molar-refractivity contribution in [3.63, 3.8) is 0 Å². The molecule has 26 heavy (non-hydrogen) atoms. The lowest BCUT2D eigenvalue weighted by molar-refractivity contribution is -0.325. The SMILES string of the molecule is C=CCC(CC=C)C(Sc1nc2ccccc2s1)(C(=O)[O-])C(C)C(=O)[O-]. The summed E-state index contributed by atoms with van der Waals surface area (Å²) in [5.41, 5.74) is 0.734. The Hall–Kier alpha value is -2.12. The van der Waals surface area contributed by atoms with Gasteiger partial charge in [-0.15, -0.1) is 24.5 Å². The summed E-state index contributed by atoms with van der Waals surface area (Å²) in [5, 5.41) is 23.9. The fraction of sp³-hybridized carbons (Fsp3) is 0.316. The molecule has 0 amide bonds. The second-order valence-corrected chi connectivity index (χ2v) is 8.47. The van der Waals surface area contributed by atoms with Crippen LogP contribution < -0.4 is 10.2 Å². The second-order valence-electron chi connectivity index (χ2n) is 5.92. The van der Waals surface area contributed by atoms with E-state index in [0.717, 1.165) is 22.0 Å². The van der Waals surface area contributed by atoms with Crippen LogP contribution in [0.25, 0.3) is 10.2 Å². The Bertz CT molecular complexity index is 789. The van der Waals surface area contributed by atoms with Gasteiger partial charge >= 0.3 is 0 Å². The lowest BCUT2D eigenvalue weighted by Gasteiger charge is -2.45. The number of benzene rings is 1. The van der Waals surface area contributed by atoms with E-state index in [4.69, 9.17) is 0 Å². The molecule has 0 saturated heterocycles. The van der Waals surface area contributed by atoms with Crippen LogP contribution in [-0.4, -0.2) is 21.7 Å². The van der Waals surface area contributed by atoms with Crippen LogP contribution in [0.4, 0.5) is 0 Å². The van der Waals surface area contributed by atoms with E-state index in [1.165, 1.54) is 18.3 Å². The Morgan fingerprint density at radius 3 is 2.38 bits per heavy atom. The van der Waals surface area contributed by atoms with E-state index in [2.05, 4.69) is 18.1 Å². The number of para-hydroxylation sites is 1. The summed E-state index contributed by atoms with van der Waals surface area (Å²) < 4.78 is -0.385. The lowest BCUT2D eigenvalue weighted by Crippen LogP contribution is -2.59. The maximum Gasteiger partial charge on any atom is 0.152 e. The van der Waals surface area contributed by atoms with Gasteiger partial charge in [0.2, 0.25) is 0 Å². The van der Waals surface area contributed by atoms with Gasteiger partial charge in [-0.25, -0.2) is 4.98 Å². The van der Waals surface area contributed by atoms with Crippen molar-refractivity contribution in [2.45, 2.75) is 28.9 Å². The molecule has 0 N–H and O–H groups in total. The number of thiazole rings is 1. The third-order valence-electron chi connectivity index (χ3n) is 4.36. The summed E-state index contributed by atoms with van der Waals surface area (Å²) in [6.07, 6.45) is 3.75. The van der Waals surface area contributed by atoms with Gasteiger partial charge < -0.3 is 19.8 Å². The predicted octanol–water partition coefficient (Wildman–Crippen LogP) is 2.03. The van der Waals surface area contributed by atoms with E-state index in [0.29, 0.717) is 17.2 Å². The highest BCUT2D eigenvalue weighted by atomic mass is 32.2. The highest BCUT2D eigenvalue weighted by molar-refractivity contribution is 8.03. The van der Waals surface area contributed by atoms with Crippen molar-refractivity contribution in [3.8, 4) is 0 Å². The van der Waals surface area contributed by atoms with E-state index in [1.54, 1.807) is 12.2 Å². The van der Waals surface area contributed by atoms with Gasteiger partial charge in [0.25, 0.3) is 0 Å². The average Bonchev–Trinajstić information content (AvgIpc) is 3.01. The van der Waals surface area contributed by atoms with Crippen molar-refractivity contribution in [3.05, 3.63) is 49.6 Å². The number of allylic oxidation sites excluding steroid dienone is 2. The van der Waals surface area contributed by atoms with Crippen LogP contribution in [-0.2, 0) is 9.59 Å². The molecule has 2 rings (SSSR count). The van der Waals surface area contributed by atoms with Gasteiger partial charge in [0, 0.05) is 11.9 Å². The molecule has 2 atom stereocenters. The number of aliphatic carboxylic acids is 2. The molecule has 0 aliphatic heterocycles. The van der Waals surface area contributed by atoms with Gasteiger partial charge in [-0.05, 0) is 30.9 Å². The van der Waals surface area contributed by atoms with Gasteiger partial charge in [-0.3, -0.25) is 0 Å². The van der Waals surface area contributed by atoms with Gasteiger partial charge in [0.15, 0.2) is 4.34 Å². The number of carbonyl (C=O) groups excluding carboxylic acids is 2. The lowest BCUT2D eigenvalue weighted by atomic mass is 9.77. The Kier molecular flexibility index (Phi) is 6.61. The summed E-state index contributed by atoms with van der Waals surface area (Å²) in [5.74, 6) is -4.77. The van der Waals surface area contributed by atoms with E-state index in [1.807, 2.05) is 24.3 Å². The van der Waals surface area contributed by atoms with Gasteiger partial charge in [-0.1, -0.05) is 43.0 Å². The minimum atomic E-state index is -1.75. The summed E-state index contributed by atoms with van der Waals surface area (Å²) in [6.45, 7) is 8.68. The molecule has 1 heterocycles. The minimum Gasteiger partial charge on any atom is -0.550 e. The topological polar surface area (TPSA) is 93.2 Å². The number of aromatic nitrogens is 1. The molecule has 0 bridgehead atoms. The van der Waals surface area contributed by atoms with Crippen LogP contribution in [0.3, 0.4) is 0 Å². The van der Waals surface area contributed by atoms with Crippen LogP contribution in [0.5, 0.6) is 0 Å². The van der Waals surface area contributed by atoms with Crippen molar-refractivity contribution < 1.29 is 19.8 Å². The monoisotopic (exact) mass is 389 g/mol. The van der Waals surface area contributed by atoms with Crippen molar-refractivity contribution in [2.75, 3.05) is 0 Å². The van der Waals surface area contributed by atoms with Gasteiger partial charge in [0.05, 0.1) is 20.9 Å². The van der Waals surface area contributed by atoms with Crippen LogP contribution >= 0.6 is 23.1 Å². The first-order valence-electron chi connectivity index (χ1n) is 8.05. The van der Waals surface area contributed by atoms with Crippen LogP contribution in [0.1, 0.15) is 19.8 Å². The van der Waals surface area contributed by atoms with Crippen molar-refractivity contribution >= 4 is 45.3 Å². The van der Waals surface area contributed by atoms with E-state index >= 15 is 0 Å². The van der Waals surface area contributed by atoms with Crippen LogP contribution in [0.2, 0.25) is 0 Å². The average molecular weight is 389 g/mol. The molecule has 2 unspecified atom stereocenters. The highest BCUT2D eigenvalue weighted by Gasteiger charge is 2.46. The Morgan fingerprint density at radius 1 is 1.27 bits per heavy atom. The zero-order chi connectivity index (χ0) is 19.3. The molecule has 0 spiro atoms. The van der Waals surface area contributed by atoms with Crippen LogP contribution in [0.15, 0.2) is 53.9 Å². The normalized spacial score (nSPS) is 14.7. The third kappa shape index (κ3) is 3.83. The molecular formula is C19H19NO4S2-2. The second kappa shape index (κ2) is 8.51. The molecule has 2 aromatic rings. The number of hydrogen-bond donors (Lipinski definition) is 0. The predicted molar refractivity (Wildman–Crippen MR) is 101 cm³/mol. The number of thioether (sulfide) groups is 1. The molecule has 5 nitrogen and oxygen atoms in total. The van der Waals surface area contributed by atoms with Crippen molar-refractivity contribution in [1.82, 2.24) is 4.98 Å². The summed E-state index contributed by atoms with van der Waals surface area (Å²) >= 11 is 2.24. The molecule has 138 valence electrons. The van der Waals surface area contributed by atoms with E-state index < -0.39 is 28.5 Å². The molecule has 7 heteroatoms. The molecule has 0 fully saturated rings. The molecular weight excluding hydrogens is 370 g/mol. The maximum absolute atomic E-state index is 12.3. The van der Waals surface area contributed by atoms with E-state index in [9.17, 15) is 19.8 Å². The Labute approximate surface area is 160 Å². The van der Waals surface area contributed by atoms with E-state index in [-0.39, 0.29) is 0 Å². The zero-order valence-corrected chi connectivity index (χ0v) is 16.0. The molecule has 0 radical (unpaired) electrons. The van der Waals surface area contributed by atoms with Gasteiger partial charge in [0.1, 0.15) is 0 Å². The summed E-state index contributed by atoms with van der Waals surface area (Å²) in [4.78, 5) is 28.4. The first kappa shape index (κ1) is 20.2. The first-order valence-corrected chi connectivity index (χ1v) is 9.68. The number of nitrogens with zero attached hydrogens (tertiary/aromatic N) is 1. The zero-order valence-electron chi connectivity index (χ0n) is 14.3. The Balaban J connectivity index is 2.59. The molecule has 1 aromatic heterocycles. The largest absolute Gasteiger partial charge is 0.550 e. The smallest absolute Gasteiger partial charge is 0.152 e. The summed E-state index contributed by atoms with van der Waals surface area (Å²) in [7, 11) is 0. The molecule has 0 aliphatic carbocycles. The number of carboxylic acid groups (broad SMARTS) is 2. The fourth-order valence-corrected chi connectivity index (χ4v) is 5.67. The quantitative estimate of drug-likeness (QED) is 0.456. The van der Waals surface area contributed by atoms with Gasteiger partial charge in [-0.2, -0.15) is 0 Å². The van der Waals surface area contributed by atoms with Crippen molar-refractivity contribution in [2.24, 2.45) is 11.8 Å². The van der Waals surface area contributed by atoms with Crippen LogP contribution in [0, 0.1) is 11.8 Å². The fourth-order valence-electron chi connectivity index (χ4n) is 2.97. The number of fused-ring (bicyclic) bond motifs is 1. The standard InChI is InChI=1S/C19H21NO4S2/c1-4-8-13(9-5-2)19(17(23)24,12(3)16(21)22)26-18-20-14-10-6-7-11-15(14)25-18/h4-7,10-13H,1-2,8-9H2,3H3,(H,21,22)(H,23,24)/p-2. The molecule has 1 aromatic carbocycles. The number of rotatable bonds is 10. The highest BCUT2D eigenvalue weighted by Crippen LogP contribution is 2.48. The Morgan fingerprint density at radius 2 is 1.88 bits per heavy atom. The molecule has 0 saturated carbocycles. The maximum atomic E-state index is 12.3. The van der Waals surface area contributed by atoms with Crippen molar-refractivity contribution in [1.29, 1.82) is 0 Å². The molecule has 0 aliphatic rings.